The second-order valence-corrected chi connectivity index (χ2v) is 6.31. The second kappa shape index (κ2) is 8.99. The van der Waals surface area contributed by atoms with Gasteiger partial charge in [-0.15, -0.1) is 0 Å². The van der Waals surface area contributed by atoms with Crippen LogP contribution in [-0.4, -0.2) is 28.3 Å². The van der Waals surface area contributed by atoms with Crippen molar-refractivity contribution in [2.45, 2.75) is 39.8 Å². The molecule has 0 unspecified atom stereocenters. The molecule has 2 amide bonds. The van der Waals surface area contributed by atoms with Crippen molar-refractivity contribution in [2.75, 3.05) is 12.4 Å². The quantitative estimate of drug-likeness (QED) is 0.830. The van der Waals surface area contributed by atoms with Crippen molar-refractivity contribution in [2.24, 2.45) is 0 Å². The zero-order chi connectivity index (χ0) is 19.1. The fourth-order valence-electron chi connectivity index (χ4n) is 2.60. The number of carbonyl (C=O) groups excluding carboxylic acids is 2. The van der Waals surface area contributed by atoms with Crippen LogP contribution in [0, 0.1) is 6.92 Å². The average Bonchev–Trinajstić information content (AvgIpc) is 2.62. The van der Waals surface area contributed by atoms with E-state index in [9.17, 15) is 14.4 Å². The van der Waals surface area contributed by atoms with Crippen LogP contribution in [0.15, 0.2) is 47.3 Å². The molecular formula is C20H25N3O3. The first kappa shape index (κ1) is 19.4. The Morgan fingerprint density at radius 2 is 1.81 bits per heavy atom. The van der Waals surface area contributed by atoms with Gasteiger partial charge in [0, 0.05) is 25.7 Å². The van der Waals surface area contributed by atoms with E-state index in [0.717, 1.165) is 5.56 Å². The maximum absolute atomic E-state index is 12.6. The van der Waals surface area contributed by atoms with E-state index < -0.39 is 0 Å². The molecule has 0 fully saturated rings. The Morgan fingerprint density at radius 3 is 2.46 bits per heavy atom. The number of rotatable bonds is 7. The maximum Gasteiger partial charge on any atom is 0.274 e. The standard InChI is InChI=1S/C20H25N3O3/c1-4-8-18(24)21-17-12-11-15(2)23(20(17)26)14-19(25)22(3)13-16-9-6-5-7-10-16/h5-7,9-12H,4,8,13-14H2,1-3H3,(H,21,24). The Bertz CT molecular complexity index is 828. The van der Waals surface area contributed by atoms with Crippen molar-refractivity contribution in [1.29, 1.82) is 0 Å². The molecule has 1 heterocycles. The Kier molecular flexibility index (Phi) is 6.72. The van der Waals surface area contributed by atoms with Crippen LogP contribution in [-0.2, 0) is 22.7 Å². The van der Waals surface area contributed by atoms with E-state index in [1.165, 1.54) is 4.57 Å². The predicted molar refractivity (Wildman–Crippen MR) is 102 cm³/mol. The number of carbonyl (C=O) groups is 2. The monoisotopic (exact) mass is 355 g/mol. The number of benzene rings is 1. The van der Waals surface area contributed by atoms with Gasteiger partial charge in [0.15, 0.2) is 0 Å². The van der Waals surface area contributed by atoms with Gasteiger partial charge in [0.05, 0.1) is 0 Å². The highest BCUT2D eigenvalue weighted by molar-refractivity contribution is 5.90. The van der Waals surface area contributed by atoms with Crippen molar-refractivity contribution in [1.82, 2.24) is 9.47 Å². The van der Waals surface area contributed by atoms with Gasteiger partial charge < -0.3 is 14.8 Å². The summed E-state index contributed by atoms with van der Waals surface area (Å²) in [5, 5.41) is 2.62. The number of amides is 2. The first-order valence-corrected chi connectivity index (χ1v) is 8.70. The molecule has 1 N–H and O–H groups in total. The third kappa shape index (κ3) is 5.05. The summed E-state index contributed by atoms with van der Waals surface area (Å²) >= 11 is 0. The normalized spacial score (nSPS) is 10.4. The van der Waals surface area contributed by atoms with Gasteiger partial charge in [-0.05, 0) is 31.0 Å². The van der Waals surface area contributed by atoms with Crippen LogP contribution in [0.2, 0.25) is 0 Å². The van der Waals surface area contributed by atoms with Gasteiger partial charge in [-0.2, -0.15) is 0 Å². The minimum absolute atomic E-state index is 0.0640. The highest BCUT2D eigenvalue weighted by Gasteiger charge is 2.15. The second-order valence-electron chi connectivity index (χ2n) is 6.31. The molecule has 0 radical (unpaired) electrons. The van der Waals surface area contributed by atoms with Crippen LogP contribution < -0.4 is 10.9 Å². The van der Waals surface area contributed by atoms with E-state index in [1.807, 2.05) is 37.3 Å². The van der Waals surface area contributed by atoms with Gasteiger partial charge in [0.2, 0.25) is 11.8 Å². The molecule has 0 aliphatic carbocycles. The van der Waals surface area contributed by atoms with E-state index >= 15 is 0 Å². The van der Waals surface area contributed by atoms with E-state index in [-0.39, 0.29) is 29.6 Å². The number of pyridine rings is 1. The summed E-state index contributed by atoms with van der Waals surface area (Å²) in [6.45, 7) is 4.07. The minimum atomic E-state index is -0.365. The molecule has 2 rings (SSSR count). The van der Waals surface area contributed by atoms with Gasteiger partial charge in [-0.25, -0.2) is 0 Å². The highest BCUT2D eigenvalue weighted by Crippen LogP contribution is 2.07. The van der Waals surface area contributed by atoms with E-state index in [4.69, 9.17) is 0 Å². The van der Waals surface area contributed by atoms with E-state index in [0.29, 0.717) is 25.1 Å². The van der Waals surface area contributed by atoms with Crippen LogP contribution in [0.1, 0.15) is 31.0 Å². The summed E-state index contributed by atoms with van der Waals surface area (Å²) in [6.07, 6.45) is 1.06. The Labute approximate surface area is 153 Å². The SMILES string of the molecule is CCCC(=O)Nc1ccc(C)n(CC(=O)N(C)Cc2ccccc2)c1=O. The molecule has 1 aromatic carbocycles. The number of hydrogen-bond acceptors (Lipinski definition) is 3. The first-order valence-electron chi connectivity index (χ1n) is 8.70. The number of aromatic nitrogens is 1. The molecule has 0 atom stereocenters. The van der Waals surface area contributed by atoms with Crippen LogP contribution in [0.25, 0.3) is 0 Å². The van der Waals surface area contributed by atoms with E-state index in [2.05, 4.69) is 5.32 Å². The predicted octanol–water partition coefficient (Wildman–Crippen LogP) is 2.55. The summed E-state index contributed by atoms with van der Waals surface area (Å²) in [6, 6.07) is 13.0. The zero-order valence-electron chi connectivity index (χ0n) is 15.5. The third-order valence-electron chi connectivity index (χ3n) is 4.13. The topological polar surface area (TPSA) is 71.4 Å². The van der Waals surface area contributed by atoms with Crippen molar-refractivity contribution in [3.63, 3.8) is 0 Å². The number of aryl methyl sites for hydroxylation is 1. The average molecular weight is 355 g/mol. The van der Waals surface area contributed by atoms with Crippen molar-refractivity contribution < 1.29 is 9.59 Å². The van der Waals surface area contributed by atoms with Crippen molar-refractivity contribution in [3.05, 3.63) is 64.1 Å². The molecule has 26 heavy (non-hydrogen) atoms. The number of anilines is 1. The molecule has 0 aliphatic rings. The van der Waals surface area contributed by atoms with Gasteiger partial charge in [-0.1, -0.05) is 37.3 Å². The Balaban J connectivity index is 2.13. The fraction of sp³-hybridized carbons (Fsp3) is 0.350. The number of likely N-dealkylation sites (N-methyl/N-ethyl adjacent to an activating group) is 1. The Hall–Kier alpha value is -2.89. The third-order valence-corrected chi connectivity index (χ3v) is 4.13. The molecule has 6 nitrogen and oxygen atoms in total. The molecule has 0 saturated carbocycles. The molecule has 2 aromatic rings. The number of hydrogen-bond donors (Lipinski definition) is 1. The van der Waals surface area contributed by atoms with Gasteiger partial charge in [-0.3, -0.25) is 14.4 Å². The van der Waals surface area contributed by atoms with Gasteiger partial charge >= 0.3 is 0 Å². The van der Waals surface area contributed by atoms with Crippen molar-refractivity contribution >= 4 is 17.5 Å². The molecule has 0 bridgehead atoms. The molecule has 138 valence electrons. The van der Waals surface area contributed by atoms with Crippen molar-refractivity contribution in [3.8, 4) is 0 Å². The molecule has 0 aliphatic heterocycles. The van der Waals surface area contributed by atoms with Crippen LogP contribution >= 0.6 is 0 Å². The lowest BCUT2D eigenvalue weighted by molar-refractivity contribution is -0.131. The smallest absolute Gasteiger partial charge is 0.274 e. The molecular weight excluding hydrogens is 330 g/mol. The largest absolute Gasteiger partial charge is 0.340 e. The minimum Gasteiger partial charge on any atom is -0.340 e. The summed E-state index contributed by atoms with van der Waals surface area (Å²) < 4.78 is 1.39. The van der Waals surface area contributed by atoms with Crippen LogP contribution in [0.4, 0.5) is 5.69 Å². The summed E-state index contributed by atoms with van der Waals surface area (Å²) in [4.78, 5) is 38.5. The number of nitrogens with zero attached hydrogens (tertiary/aromatic N) is 2. The molecule has 6 heteroatoms. The molecule has 0 spiro atoms. The van der Waals surface area contributed by atoms with Gasteiger partial charge in [0.1, 0.15) is 12.2 Å². The lowest BCUT2D eigenvalue weighted by Gasteiger charge is -2.19. The summed E-state index contributed by atoms with van der Waals surface area (Å²) in [5.41, 5.74) is 1.53. The Morgan fingerprint density at radius 1 is 1.12 bits per heavy atom. The molecule has 0 saturated heterocycles. The molecule has 1 aromatic heterocycles. The fourth-order valence-corrected chi connectivity index (χ4v) is 2.60. The number of nitrogens with one attached hydrogen (secondary N) is 1. The summed E-state index contributed by atoms with van der Waals surface area (Å²) in [5.74, 6) is -0.372. The lowest BCUT2D eigenvalue weighted by atomic mass is 10.2. The zero-order valence-corrected chi connectivity index (χ0v) is 15.5. The van der Waals surface area contributed by atoms with Crippen LogP contribution in [0.5, 0.6) is 0 Å². The highest BCUT2D eigenvalue weighted by atomic mass is 16.2. The maximum atomic E-state index is 12.6. The van der Waals surface area contributed by atoms with Gasteiger partial charge in [0.25, 0.3) is 5.56 Å². The summed E-state index contributed by atoms with van der Waals surface area (Å²) in [7, 11) is 1.71. The van der Waals surface area contributed by atoms with Crippen LogP contribution in [0.3, 0.4) is 0 Å². The first-order chi connectivity index (χ1) is 12.4. The lowest BCUT2D eigenvalue weighted by Crippen LogP contribution is -2.35. The van der Waals surface area contributed by atoms with E-state index in [1.54, 1.807) is 31.0 Å².